The number of halogens is 1. The van der Waals surface area contributed by atoms with Gasteiger partial charge >= 0.3 is 0 Å². The third-order valence-electron chi connectivity index (χ3n) is 7.29. The van der Waals surface area contributed by atoms with Crippen LogP contribution in [0.25, 0.3) is 21.9 Å². The van der Waals surface area contributed by atoms with Crippen LogP contribution in [0.2, 0.25) is 5.02 Å². The molecule has 0 amide bonds. The first-order chi connectivity index (χ1) is 15.6. The van der Waals surface area contributed by atoms with Gasteiger partial charge in [0, 0.05) is 10.6 Å². The minimum atomic E-state index is -0.782. The highest BCUT2D eigenvalue weighted by Crippen LogP contribution is 2.42. The summed E-state index contributed by atoms with van der Waals surface area (Å²) < 4.78 is 6.66. The number of nitrogens with two attached hydrogens (primary N) is 1. The Bertz CT molecular complexity index is 1110. The lowest BCUT2D eigenvalue weighted by molar-refractivity contribution is 0.0887. The van der Waals surface area contributed by atoms with Crippen LogP contribution in [0.1, 0.15) is 58.9 Å². The van der Waals surface area contributed by atoms with Gasteiger partial charge in [0.2, 0.25) is 0 Å². The Hall–Kier alpha value is -2.07. The molecule has 4 heteroatoms. The lowest BCUT2D eigenvalue weighted by atomic mass is 9.72. The monoisotopic (exact) mass is 465 g/mol. The molecule has 0 radical (unpaired) electrons. The minimum absolute atomic E-state index is 0.110. The van der Waals surface area contributed by atoms with Gasteiger partial charge in [-0.05, 0) is 90.1 Å². The van der Waals surface area contributed by atoms with Crippen molar-refractivity contribution in [1.82, 2.24) is 0 Å². The van der Waals surface area contributed by atoms with Crippen molar-refractivity contribution in [2.75, 3.05) is 6.61 Å². The highest BCUT2D eigenvalue weighted by Gasteiger charge is 2.31. The lowest BCUT2D eigenvalue weighted by Crippen LogP contribution is -2.36. The number of benzene rings is 3. The van der Waals surface area contributed by atoms with Gasteiger partial charge in [-0.25, -0.2) is 0 Å². The van der Waals surface area contributed by atoms with E-state index in [-0.39, 0.29) is 12.7 Å². The molecule has 0 spiro atoms. The number of fused-ring (bicyclic) bond motifs is 1. The summed E-state index contributed by atoms with van der Waals surface area (Å²) >= 11 is 6.18. The fraction of sp³-hybridized carbons (Fsp3) is 0.448. The van der Waals surface area contributed by atoms with Crippen molar-refractivity contribution >= 4 is 22.4 Å². The van der Waals surface area contributed by atoms with Gasteiger partial charge in [-0.3, -0.25) is 0 Å². The Morgan fingerprint density at radius 1 is 0.939 bits per heavy atom. The molecule has 0 saturated heterocycles. The minimum Gasteiger partial charge on any atom is -0.490 e. The summed E-state index contributed by atoms with van der Waals surface area (Å²) in [5, 5.41) is 12.6. The first kappa shape index (κ1) is 24.1. The summed E-state index contributed by atoms with van der Waals surface area (Å²) in [6, 6.07) is 18.3. The van der Waals surface area contributed by atoms with E-state index in [1.54, 1.807) is 0 Å². The number of hydrogen-bond donors (Lipinski definition) is 2. The van der Waals surface area contributed by atoms with Crippen molar-refractivity contribution in [3.05, 3.63) is 65.2 Å². The molecule has 3 aromatic rings. The molecule has 3 N–H and O–H groups in total. The van der Waals surface area contributed by atoms with E-state index in [4.69, 9.17) is 22.1 Å². The van der Waals surface area contributed by atoms with Crippen LogP contribution in [0.15, 0.2) is 54.6 Å². The SMILES string of the molecule is CC(N)(CO)c1ccc2c(-c3ccc(Cl)cc3)c(OC3CCC(C(C)(C)C)CC3)ccc2c1. The number of hydrogen-bond acceptors (Lipinski definition) is 3. The summed E-state index contributed by atoms with van der Waals surface area (Å²) in [7, 11) is 0. The summed E-state index contributed by atoms with van der Waals surface area (Å²) in [6.45, 7) is 8.77. The van der Waals surface area contributed by atoms with Gasteiger partial charge in [0.25, 0.3) is 0 Å². The van der Waals surface area contributed by atoms with Gasteiger partial charge in [0.05, 0.1) is 18.2 Å². The summed E-state index contributed by atoms with van der Waals surface area (Å²) in [6.07, 6.45) is 4.81. The summed E-state index contributed by atoms with van der Waals surface area (Å²) in [5.74, 6) is 1.66. The summed E-state index contributed by atoms with van der Waals surface area (Å²) in [5.41, 5.74) is 8.94. The molecule has 0 bridgehead atoms. The lowest BCUT2D eigenvalue weighted by Gasteiger charge is -2.37. The summed E-state index contributed by atoms with van der Waals surface area (Å²) in [4.78, 5) is 0. The van der Waals surface area contributed by atoms with Crippen LogP contribution in [-0.4, -0.2) is 17.8 Å². The molecule has 0 heterocycles. The highest BCUT2D eigenvalue weighted by atomic mass is 35.5. The number of rotatable bonds is 5. The molecule has 0 aromatic heterocycles. The van der Waals surface area contributed by atoms with E-state index in [9.17, 15) is 5.11 Å². The molecule has 3 nitrogen and oxygen atoms in total. The fourth-order valence-electron chi connectivity index (χ4n) is 5.00. The molecule has 33 heavy (non-hydrogen) atoms. The van der Waals surface area contributed by atoms with E-state index in [2.05, 4.69) is 57.2 Å². The second-order valence-electron chi connectivity index (χ2n) is 10.9. The molecule has 1 aliphatic rings. The molecule has 1 unspecified atom stereocenters. The van der Waals surface area contributed by atoms with Gasteiger partial charge < -0.3 is 15.6 Å². The Morgan fingerprint density at radius 2 is 1.61 bits per heavy atom. The molecule has 176 valence electrons. The Morgan fingerprint density at radius 3 is 2.21 bits per heavy atom. The van der Waals surface area contributed by atoms with Crippen LogP contribution in [0.4, 0.5) is 0 Å². The molecule has 4 rings (SSSR count). The van der Waals surface area contributed by atoms with Gasteiger partial charge in [-0.2, -0.15) is 0 Å². The topological polar surface area (TPSA) is 55.5 Å². The molecule has 3 aromatic carbocycles. The number of ether oxygens (including phenoxy) is 1. The second kappa shape index (κ2) is 9.29. The normalized spacial score (nSPS) is 21.1. The van der Waals surface area contributed by atoms with Gasteiger partial charge in [0.15, 0.2) is 0 Å². The fourth-order valence-corrected chi connectivity index (χ4v) is 5.12. The third kappa shape index (κ3) is 5.21. The predicted molar refractivity (Wildman–Crippen MR) is 139 cm³/mol. The molecule has 1 atom stereocenters. The highest BCUT2D eigenvalue weighted by molar-refractivity contribution is 6.30. The molecular formula is C29H36ClNO2. The predicted octanol–water partition coefficient (Wildman–Crippen LogP) is 7.31. The maximum Gasteiger partial charge on any atom is 0.128 e. The van der Waals surface area contributed by atoms with Crippen LogP contribution < -0.4 is 10.5 Å². The van der Waals surface area contributed by atoms with E-state index in [0.717, 1.165) is 52.0 Å². The van der Waals surface area contributed by atoms with Crippen molar-refractivity contribution in [2.24, 2.45) is 17.1 Å². The van der Waals surface area contributed by atoms with Crippen LogP contribution >= 0.6 is 11.6 Å². The molecule has 0 aliphatic heterocycles. The molecule has 1 saturated carbocycles. The average Bonchev–Trinajstić information content (AvgIpc) is 2.79. The quantitative estimate of drug-likeness (QED) is 0.415. The third-order valence-corrected chi connectivity index (χ3v) is 7.55. The van der Waals surface area contributed by atoms with Crippen LogP contribution in [-0.2, 0) is 5.54 Å². The average molecular weight is 466 g/mol. The van der Waals surface area contributed by atoms with E-state index in [1.165, 1.54) is 12.8 Å². The van der Waals surface area contributed by atoms with E-state index in [1.807, 2.05) is 25.1 Å². The van der Waals surface area contributed by atoms with Gasteiger partial charge in [-0.1, -0.05) is 62.7 Å². The maximum atomic E-state index is 9.72. The first-order valence-corrected chi connectivity index (χ1v) is 12.4. The van der Waals surface area contributed by atoms with Crippen molar-refractivity contribution in [1.29, 1.82) is 0 Å². The van der Waals surface area contributed by atoms with E-state index < -0.39 is 5.54 Å². The van der Waals surface area contributed by atoms with E-state index in [0.29, 0.717) is 10.4 Å². The van der Waals surface area contributed by atoms with Crippen molar-refractivity contribution in [2.45, 2.75) is 65.0 Å². The maximum absolute atomic E-state index is 9.72. The van der Waals surface area contributed by atoms with Crippen LogP contribution in [0.5, 0.6) is 5.75 Å². The Labute approximate surface area is 202 Å². The largest absolute Gasteiger partial charge is 0.490 e. The van der Waals surface area contributed by atoms with Crippen molar-refractivity contribution in [3.8, 4) is 16.9 Å². The molecule has 1 fully saturated rings. The molecule has 1 aliphatic carbocycles. The van der Waals surface area contributed by atoms with E-state index >= 15 is 0 Å². The zero-order valence-corrected chi connectivity index (χ0v) is 21.0. The van der Waals surface area contributed by atoms with Gasteiger partial charge in [0.1, 0.15) is 5.75 Å². The van der Waals surface area contributed by atoms with Crippen molar-refractivity contribution in [3.63, 3.8) is 0 Å². The standard InChI is InChI=1S/C29H36ClNO2/c1-28(2,3)21-8-13-24(14-9-21)33-26-16-7-20-17-22(29(4,31)18-32)10-15-25(20)27(26)19-5-11-23(30)12-6-19/h5-7,10-12,15-17,21,24,32H,8-9,13-14,18,31H2,1-4H3. The zero-order chi connectivity index (χ0) is 23.8. The number of aliphatic hydroxyl groups is 1. The zero-order valence-electron chi connectivity index (χ0n) is 20.2. The smallest absolute Gasteiger partial charge is 0.128 e. The Balaban J connectivity index is 1.72. The number of aliphatic hydroxyl groups excluding tert-OH is 1. The van der Waals surface area contributed by atoms with Crippen LogP contribution in [0, 0.1) is 11.3 Å². The van der Waals surface area contributed by atoms with Crippen LogP contribution in [0.3, 0.4) is 0 Å². The first-order valence-electron chi connectivity index (χ1n) is 12.0. The van der Waals surface area contributed by atoms with Crippen molar-refractivity contribution < 1.29 is 9.84 Å². The molecular weight excluding hydrogens is 430 g/mol. The Kier molecular flexibility index (Phi) is 6.77. The van der Waals surface area contributed by atoms with Gasteiger partial charge in [-0.15, -0.1) is 0 Å². The second-order valence-corrected chi connectivity index (χ2v) is 11.4.